The Kier molecular flexibility index (Phi) is 3.11. The minimum Gasteiger partial charge on any atom is -0.326 e. The molecule has 0 spiro atoms. The van der Waals surface area contributed by atoms with E-state index in [0.717, 1.165) is 24.6 Å². The topological polar surface area (TPSA) is 29.0 Å². The van der Waals surface area contributed by atoms with E-state index in [1.54, 1.807) is 0 Å². The zero-order chi connectivity index (χ0) is 14.4. The first-order chi connectivity index (χ1) is 10.2. The Morgan fingerprint density at radius 3 is 2.81 bits per heavy atom. The zero-order valence-electron chi connectivity index (χ0n) is 12.1. The first-order valence-corrected chi connectivity index (χ1v) is 7.98. The number of fused-ring (bicyclic) bond motifs is 1. The first kappa shape index (κ1) is 13.1. The molecule has 2 aliphatic rings. The lowest BCUT2D eigenvalue weighted by Gasteiger charge is -2.34. The van der Waals surface area contributed by atoms with Crippen molar-refractivity contribution in [1.29, 1.82) is 0 Å². The normalized spacial score (nSPS) is 21.2. The molecule has 1 saturated carbocycles. The number of hydrogen-bond donors (Lipinski definition) is 0. The number of halogens is 1. The second-order valence-corrected chi connectivity index (χ2v) is 6.62. The molecule has 3 nitrogen and oxygen atoms in total. The molecule has 2 heterocycles. The number of nitrogens with zero attached hydrogens (tertiary/aromatic N) is 3. The fourth-order valence-corrected chi connectivity index (χ4v) is 3.28. The Balaban J connectivity index is 1.79. The van der Waals surface area contributed by atoms with Crippen LogP contribution in [0.25, 0.3) is 0 Å². The summed E-state index contributed by atoms with van der Waals surface area (Å²) in [7, 11) is 0. The van der Waals surface area contributed by atoms with E-state index in [9.17, 15) is 0 Å². The van der Waals surface area contributed by atoms with Crippen molar-refractivity contribution in [2.45, 2.75) is 32.1 Å². The third-order valence-electron chi connectivity index (χ3n) is 4.26. The highest BCUT2D eigenvalue weighted by Crippen LogP contribution is 2.40. The van der Waals surface area contributed by atoms with Gasteiger partial charge in [-0.25, -0.2) is 9.97 Å². The van der Waals surface area contributed by atoms with Gasteiger partial charge in [-0.2, -0.15) is 0 Å². The number of hydrogen-bond acceptors (Lipinski definition) is 3. The minimum atomic E-state index is 0.514. The van der Waals surface area contributed by atoms with Gasteiger partial charge in [0.15, 0.2) is 0 Å². The van der Waals surface area contributed by atoms with Gasteiger partial charge >= 0.3 is 0 Å². The lowest BCUT2D eigenvalue weighted by molar-refractivity contribution is 0.559. The summed E-state index contributed by atoms with van der Waals surface area (Å²) >= 11 is 6.23. The second kappa shape index (κ2) is 4.99. The predicted molar refractivity (Wildman–Crippen MR) is 85.3 cm³/mol. The van der Waals surface area contributed by atoms with Crippen molar-refractivity contribution >= 4 is 23.1 Å². The lowest BCUT2D eigenvalue weighted by atomic mass is 9.94. The largest absolute Gasteiger partial charge is 0.326 e. The van der Waals surface area contributed by atoms with Crippen molar-refractivity contribution in [3.8, 4) is 0 Å². The molecule has 0 saturated heterocycles. The van der Waals surface area contributed by atoms with Gasteiger partial charge in [0, 0.05) is 24.2 Å². The third kappa shape index (κ3) is 2.51. The van der Waals surface area contributed by atoms with Gasteiger partial charge in [0.2, 0.25) is 0 Å². The molecule has 21 heavy (non-hydrogen) atoms. The predicted octanol–water partition coefficient (Wildman–Crippen LogP) is 4.34. The molecule has 0 amide bonds. The Labute approximate surface area is 130 Å². The Morgan fingerprint density at radius 2 is 2.00 bits per heavy atom. The van der Waals surface area contributed by atoms with Gasteiger partial charge in [0.05, 0.1) is 0 Å². The maximum absolute atomic E-state index is 6.23. The molecule has 4 rings (SSSR count). The summed E-state index contributed by atoms with van der Waals surface area (Å²) in [5.41, 5.74) is 2.64. The van der Waals surface area contributed by atoms with Gasteiger partial charge in [0.25, 0.3) is 0 Å². The standard InChI is InChI=1S/C17H18ClN3/c1-11-8-13-4-2-3-5-14(13)21(10-11)16-9-15(18)19-17(20-16)12-6-7-12/h2-5,9,11-12H,6-8,10H2,1H3. The molecule has 0 bridgehead atoms. The smallest absolute Gasteiger partial charge is 0.138 e. The van der Waals surface area contributed by atoms with Crippen LogP contribution in [0.15, 0.2) is 30.3 Å². The van der Waals surface area contributed by atoms with Crippen LogP contribution in [0.4, 0.5) is 11.5 Å². The average Bonchev–Trinajstić information content (AvgIpc) is 3.30. The molecule has 1 atom stereocenters. The van der Waals surface area contributed by atoms with Crippen LogP contribution >= 0.6 is 11.6 Å². The van der Waals surface area contributed by atoms with Gasteiger partial charge in [-0.15, -0.1) is 0 Å². The van der Waals surface area contributed by atoms with E-state index in [-0.39, 0.29) is 0 Å². The van der Waals surface area contributed by atoms with Crippen molar-refractivity contribution in [3.05, 3.63) is 46.9 Å². The summed E-state index contributed by atoms with van der Waals surface area (Å²) in [6, 6.07) is 10.5. The van der Waals surface area contributed by atoms with Crippen molar-refractivity contribution in [2.24, 2.45) is 5.92 Å². The molecule has 1 aliphatic heterocycles. The molecule has 4 heteroatoms. The SMILES string of the molecule is CC1Cc2ccccc2N(c2cc(Cl)nc(C3CC3)n2)C1. The van der Waals surface area contributed by atoms with Crippen LogP contribution in [0, 0.1) is 5.92 Å². The summed E-state index contributed by atoms with van der Waals surface area (Å²) in [5, 5.41) is 0.553. The Bertz CT molecular complexity index is 681. The fraction of sp³-hybridized carbons (Fsp3) is 0.412. The van der Waals surface area contributed by atoms with E-state index in [1.807, 2.05) is 6.07 Å². The summed E-state index contributed by atoms with van der Waals surface area (Å²) in [4.78, 5) is 11.5. The Hall–Kier alpha value is -1.61. The van der Waals surface area contributed by atoms with Crippen LogP contribution in [0.5, 0.6) is 0 Å². The molecule has 1 aromatic heterocycles. The highest BCUT2D eigenvalue weighted by Gasteiger charge is 2.29. The van der Waals surface area contributed by atoms with Gasteiger partial charge in [-0.3, -0.25) is 0 Å². The summed E-state index contributed by atoms with van der Waals surface area (Å²) < 4.78 is 0. The summed E-state index contributed by atoms with van der Waals surface area (Å²) in [5.74, 6) is 2.97. The molecule has 1 aliphatic carbocycles. The van der Waals surface area contributed by atoms with E-state index in [0.29, 0.717) is 17.0 Å². The van der Waals surface area contributed by atoms with Gasteiger partial charge in [-0.1, -0.05) is 36.7 Å². The molecule has 1 unspecified atom stereocenters. The third-order valence-corrected chi connectivity index (χ3v) is 4.46. The molecule has 2 aromatic rings. The van der Waals surface area contributed by atoms with Crippen molar-refractivity contribution < 1.29 is 0 Å². The van der Waals surface area contributed by atoms with Crippen LogP contribution < -0.4 is 4.90 Å². The maximum Gasteiger partial charge on any atom is 0.138 e. The van der Waals surface area contributed by atoms with E-state index in [1.165, 1.54) is 24.1 Å². The van der Waals surface area contributed by atoms with E-state index in [4.69, 9.17) is 16.6 Å². The van der Waals surface area contributed by atoms with Crippen LogP contribution in [0.3, 0.4) is 0 Å². The van der Waals surface area contributed by atoms with Crippen LogP contribution in [0.1, 0.15) is 37.1 Å². The lowest BCUT2D eigenvalue weighted by Crippen LogP contribution is -2.31. The zero-order valence-corrected chi connectivity index (χ0v) is 12.8. The van der Waals surface area contributed by atoms with E-state index < -0.39 is 0 Å². The van der Waals surface area contributed by atoms with E-state index in [2.05, 4.69) is 41.1 Å². The summed E-state index contributed by atoms with van der Waals surface area (Å²) in [6.07, 6.45) is 3.50. The maximum atomic E-state index is 6.23. The van der Waals surface area contributed by atoms with Crippen molar-refractivity contribution in [1.82, 2.24) is 9.97 Å². The highest BCUT2D eigenvalue weighted by molar-refractivity contribution is 6.29. The highest BCUT2D eigenvalue weighted by atomic mass is 35.5. The Morgan fingerprint density at radius 1 is 1.19 bits per heavy atom. The average molecular weight is 300 g/mol. The minimum absolute atomic E-state index is 0.514. The molecule has 0 N–H and O–H groups in total. The summed E-state index contributed by atoms with van der Waals surface area (Å²) in [6.45, 7) is 3.27. The number of benzene rings is 1. The van der Waals surface area contributed by atoms with Gasteiger partial charge in [0.1, 0.15) is 16.8 Å². The number of rotatable bonds is 2. The van der Waals surface area contributed by atoms with Crippen LogP contribution in [0.2, 0.25) is 5.15 Å². The molecule has 0 radical (unpaired) electrons. The first-order valence-electron chi connectivity index (χ1n) is 7.60. The van der Waals surface area contributed by atoms with Crippen molar-refractivity contribution in [2.75, 3.05) is 11.4 Å². The molecule has 108 valence electrons. The van der Waals surface area contributed by atoms with Gasteiger partial charge < -0.3 is 4.90 Å². The number of para-hydroxylation sites is 1. The fourth-order valence-electron chi connectivity index (χ4n) is 3.10. The van der Waals surface area contributed by atoms with Crippen LogP contribution in [-0.4, -0.2) is 16.5 Å². The van der Waals surface area contributed by atoms with E-state index >= 15 is 0 Å². The quantitative estimate of drug-likeness (QED) is 0.773. The molecular weight excluding hydrogens is 282 g/mol. The number of aromatic nitrogens is 2. The molecule has 1 fully saturated rings. The molecule has 1 aromatic carbocycles. The second-order valence-electron chi connectivity index (χ2n) is 6.23. The monoisotopic (exact) mass is 299 g/mol. The van der Waals surface area contributed by atoms with Gasteiger partial charge in [-0.05, 0) is 36.8 Å². The molecular formula is C17H18ClN3. The number of anilines is 2. The van der Waals surface area contributed by atoms with Crippen molar-refractivity contribution in [3.63, 3.8) is 0 Å². The van der Waals surface area contributed by atoms with Crippen LogP contribution in [-0.2, 0) is 6.42 Å².